The standard InChI is InChI=1S/C21H29N5O4/c1-21(2,3)18(20(29)25-11-13(27)10-16(25)19(28)22-4)26-12-15(23-24-26)14-8-6-7-9-17(14)30-5/h6-9,12-13,16,18,27H,10-11H2,1-5H3,(H,22,28)/t13-,16+,18-/m1/s1. The van der Waals surface area contributed by atoms with Crippen molar-refractivity contribution >= 4 is 11.8 Å². The van der Waals surface area contributed by atoms with Gasteiger partial charge in [-0.3, -0.25) is 9.59 Å². The first-order chi connectivity index (χ1) is 14.2. The summed E-state index contributed by atoms with van der Waals surface area (Å²) in [6.07, 6.45) is 1.19. The molecule has 0 bridgehead atoms. The summed E-state index contributed by atoms with van der Waals surface area (Å²) in [6.45, 7) is 5.90. The van der Waals surface area contributed by atoms with Crippen molar-refractivity contribution in [3.05, 3.63) is 30.5 Å². The maximum Gasteiger partial charge on any atom is 0.248 e. The highest BCUT2D eigenvalue weighted by atomic mass is 16.5. The Morgan fingerprint density at radius 2 is 2.00 bits per heavy atom. The van der Waals surface area contributed by atoms with Gasteiger partial charge >= 0.3 is 0 Å². The molecule has 1 saturated heterocycles. The number of methoxy groups -OCH3 is 1. The van der Waals surface area contributed by atoms with Crippen molar-refractivity contribution in [3.8, 4) is 17.0 Å². The summed E-state index contributed by atoms with van der Waals surface area (Å²) in [6, 6.07) is 6.04. The highest BCUT2D eigenvalue weighted by Gasteiger charge is 2.45. The number of β-amino-alcohol motifs (C(OH)–C–C–N with tert-alkyl or cyclic N) is 1. The van der Waals surface area contributed by atoms with Crippen LogP contribution in [0.4, 0.5) is 0 Å². The van der Waals surface area contributed by atoms with Gasteiger partial charge in [0.05, 0.1) is 19.4 Å². The van der Waals surface area contributed by atoms with Crippen LogP contribution >= 0.6 is 0 Å². The predicted molar refractivity (Wildman–Crippen MR) is 111 cm³/mol. The second-order valence-corrected chi connectivity index (χ2v) is 8.56. The predicted octanol–water partition coefficient (Wildman–Crippen LogP) is 1.25. The van der Waals surface area contributed by atoms with E-state index in [-0.39, 0.29) is 24.8 Å². The Bertz CT molecular complexity index is 920. The summed E-state index contributed by atoms with van der Waals surface area (Å²) in [5.41, 5.74) is 0.842. The van der Waals surface area contributed by atoms with Crippen molar-refractivity contribution in [2.24, 2.45) is 5.41 Å². The number of rotatable bonds is 5. The number of hydrogen-bond donors (Lipinski definition) is 2. The highest BCUT2D eigenvalue weighted by Crippen LogP contribution is 2.35. The molecule has 1 aromatic heterocycles. The van der Waals surface area contributed by atoms with Crippen molar-refractivity contribution in [1.29, 1.82) is 0 Å². The van der Waals surface area contributed by atoms with Gasteiger partial charge in [0, 0.05) is 25.6 Å². The van der Waals surface area contributed by atoms with Crippen LogP contribution in [0, 0.1) is 5.41 Å². The largest absolute Gasteiger partial charge is 0.496 e. The maximum absolute atomic E-state index is 13.6. The number of aromatic nitrogens is 3. The molecule has 1 aromatic carbocycles. The molecule has 1 aliphatic heterocycles. The normalized spacial score (nSPS) is 20.1. The average molecular weight is 415 g/mol. The van der Waals surface area contributed by atoms with Crippen molar-refractivity contribution < 1.29 is 19.4 Å². The zero-order chi connectivity index (χ0) is 22.1. The third-order valence-electron chi connectivity index (χ3n) is 5.32. The van der Waals surface area contributed by atoms with Crippen LogP contribution in [0.2, 0.25) is 0 Å². The van der Waals surface area contributed by atoms with Crippen molar-refractivity contribution in [3.63, 3.8) is 0 Å². The van der Waals surface area contributed by atoms with Gasteiger partial charge in [0.15, 0.2) is 0 Å². The molecule has 0 spiro atoms. The molecule has 9 heteroatoms. The first-order valence-corrected chi connectivity index (χ1v) is 9.92. The minimum Gasteiger partial charge on any atom is -0.496 e. The molecule has 162 valence electrons. The van der Waals surface area contributed by atoms with Gasteiger partial charge in [-0.25, -0.2) is 4.68 Å². The minimum absolute atomic E-state index is 0.109. The molecule has 0 radical (unpaired) electrons. The summed E-state index contributed by atoms with van der Waals surface area (Å²) in [5.74, 6) is 0.0931. The molecule has 2 heterocycles. The molecule has 2 amide bonds. The van der Waals surface area contributed by atoms with E-state index in [4.69, 9.17) is 4.74 Å². The average Bonchev–Trinajstić information content (AvgIpc) is 3.33. The molecule has 3 rings (SSSR count). The highest BCUT2D eigenvalue weighted by molar-refractivity contribution is 5.90. The van der Waals surface area contributed by atoms with E-state index in [1.165, 1.54) is 16.6 Å². The number of benzene rings is 1. The first kappa shape index (κ1) is 21.8. The van der Waals surface area contributed by atoms with E-state index < -0.39 is 23.6 Å². The fourth-order valence-corrected chi connectivity index (χ4v) is 3.89. The molecule has 0 saturated carbocycles. The number of amides is 2. The molecular formula is C21H29N5O4. The number of nitrogens with one attached hydrogen (secondary N) is 1. The lowest BCUT2D eigenvalue weighted by Gasteiger charge is -2.34. The van der Waals surface area contributed by atoms with Crippen molar-refractivity contribution in [2.45, 2.75) is 45.4 Å². The second-order valence-electron chi connectivity index (χ2n) is 8.56. The lowest BCUT2D eigenvalue weighted by Crippen LogP contribution is -2.49. The number of likely N-dealkylation sites (N-methyl/N-ethyl adjacent to an activating group) is 1. The van der Waals surface area contributed by atoms with Crippen LogP contribution in [0.15, 0.2) is 30.5 Å². The Hall–Kier alpha value is -2.94. The number of carbonyl (C=O) groups excluding carboxylic acids is 2. The van der Waals surface area contributed by atoms with Gasteiger partial charge in [-0.1, -0.05) is 38.1 Å². The molecular weight excluding hydrogens is 386 g/mol. The third-order valence-corrected chi connectivity index (χ3v) is 5.32. The Kier molecular flexibility index (Phi) is 6.12. The van der Waals surface area contributed by atoms with Gasteiger partial charge in [-0.05, 0) is 17.5 Å². The molecule has 1 fully saturated rings. The van der Waals surface area contributed by atoms with Gasteiger partial charge in [-0.15, -0.1) is 5.10 Å². The zero-order valence-electron chi connectivity index (χ0n) is 18.0. The lowest BCUT2D eigenvalue weighted by molar-refractivity contribution is -0.144. The molecule has 1 aliphatic rings. The molecule has 2 aromatic rings. The van der Waals surface area contributed by atoms with Crippen molar-refractivity contribution in [2.75, 3.05) is 20.7 Å². The monoisotopic (exact) mass is 415 g/mol. The van der Waals surface area contributed by atoms with Crippen LogP contribution in [-0.4, -0.2) is 69.7 Å². The Morgan fingerprint density at radius 1 is 1.30 bits per heavy atom. The molecule has 0 unspecified atom stereocenters. The van der Waals surface area contributed by atoms with E-state index in [1.807, 2.05) is 45.0 Å². The Balaban J connectivity index is 1.97. The van der Waals surface area contributed by atoms with Gasteiger partial charge in [-0.2, -0.15) is 0 Å². The quantitative estimate of drug-likeness (QED) is 0.761. The van der Waals surface area contributed by atoms with E-state index in [9.17, 15) is 14.7 Å². The topological polar surface area (TPSA) is 110 Å². The molecule has 3 atom stereocenters. The van der Waals surface area contributed by atoms with Gasteiger partial charge in [0.25, 0.3) is 0 Å². The summed E-state index contributed by atoms with van der Waals surface area (Å²) in [4.78, 5) is 27.3. The fraction of sp³-hybridized carbons (Fsp3) is 0.524. The Labute approximate surface area is 176 Å². The van der Waals surface area contributed by atoms with E-state index >= 15 is 0 Å². The van der Waals surface area contributed by atoms with Crippen LogP contribution in [0.25, 0.3) is 11.3 Å². The number of hydrogen-bond acceptors (Lipinski definition) is 6. The number of para-hydroxylation sites is 1. The van der Waals surface area contributed by atoms with Gasteiger partial charge in [0.1, 0.15) is 23.5 Å². The van der Waals surface area contributed by atoms with Gasteiger partial charge < -0.3 is 20.1 Å². The van der Waals surface area contributed by atoms with E-state index in [0.717, 1.165) is 5.56 Å². The third kappa shape index (κ3) is 4.16. The number of likely N-dealkylation sites (tertiary alicyclic amines) is 1. The van der Waals surface area contributed by atoms with Crippen LogP contribution in [-0.2, 0) is 9.59 Å². The van der Waals surface area contributed by atoms with Crippen molar-refractivity contribution in [1.82, 2.24) is 25.2 Å². The molecule has 30 heavy (non-hydrogen) atoms. The van der Waals surface area contributed by atoms with E-state index in [1.54, 1.807) is 13.3 Å². The summed E-state index contributed by atoms with van der Waals surface area (Å²) in [7, 11) is 3.11. The zero-order valence-corrected chi connectivity index (χ0v) is 18.0. The minimum atomic E-state index is -0.739. The Morgan fingerprint density at radius 3 is 2.63 bits per heavy atom. The van der Waals surface area contributed by atoms with E-state index in [2.05, 4.69) is 15.6 Å². The SMILES string of the molecule is CNC(=O)[C@@H]1C[C@@H](O)CN1C(=O)[C@@H](n1cc(-c2ccccc2OC)nn1)C(C)(C)C. The summed E-state index contributed by atoms with van der Waals surface area (Å²) < 4.78 is 6.94. The first-order valence-electron chi connectivity index (χ1n) is 9.92. The number of ether oxygens (including phenoxy) is 1. The smallest absolute Gasteiger partial charge is 0.248 e. The molecule has 2 N–H and O–H groups in total. The van der Waals surface area contributed by atoms with Gasteiger partial charge in [0.2, 0.25) is 11.8 Å². The van der Waals surface area contributed by atoms with Crippen LogP contribution < -0.4 is 10.1 Å². The summed E-state index contributed by atoms with van der Waals surface area (Å²) >= 11 is 0. The molecule has 9 nitrogen and oxygen atoms in total. The van der Waals surface area contributed by atoms with Crippen LogP contribution in [0.1, 0.15) is 33.2 Å². The number of nitrogens with zero attached hydrogens (tertiary/aromatic N) is 4. The maximum atomic E-state index is 13.6. The molecule has 0 aliphatic carbocycles. The summed E-state index contributed by atoms with van der Waals surface area (Å²) in [5, 5.41) is 21.2. The number of carbonyl (C=O) groups is 2. The second kappa shape index (κ2) is 8.43. The number of aliphatic hydroxyl groups is 1. The fourth-order valence-electron chi connectivity index (χ4n) is 3.89. The number of aliphatic hydroxyl groups excluding tert-OH is 1. The van der Waals surface area contributed by atoms with Crippen LogP contribution in [0.3, 0.4) is 0 Å². The van der Waals surface area contributed by atoms with E-state index in [0.29, 0.717) is 11.4 Å². The lowest BCUT2D eigenvalue weighted by atomic mass is 9.85. The van der Waals surface area contributed by atoms with Crippen LogP contribution in [0.5, 0.6) is 5.75 Å².